The van der Waals surface area contributed by atoms with Crippen LogP contribution in [0.25, 0.3) is 0 Å². The van der Waals surface area contributed by atoms with Crippen LogP contribution in [-0.4, -0.2) is 17.5 Å². The van der Waals surface area contributed by atoms with Gasteiger partial charge in [-0.2, -0.15) is 0 Å². The van der Waals surface area contributed by atoms with Gasteiger partial charge in [-0.1, -0.05) is 40.5 Å². The number of hydrogen-bond acceptors (Lipinski definition) is 4. The Morgan fingerprint density at radius 1 is 0.812 bits per heavy atom. The number of nitro groups is 1. The molecule has 0 bridgehead atoms. The van der Waals surface area contributed by atoms with Crippen molar-refractivity contribution in [1.82, 2.24) is 0 Å². The predicted molar refractivity (Wildman–Crippen MR) is 132 cm³/mol. The summed E-state index contributed by atoms with van der Waals surface area (Å²) >= 11 is 0. The van der Waals surface area contributed by atoms with Crippen LogP contribution in [0.5, 0.6) is 0 Å². The van der Waals surface area contributed by atoms with E-state index in [1.54, 1.807) is 0 Å². The SMILES string of the molecule is CC(C)=CCCC(C)=CCCC(C)=CCCC(C)=CCOC(=O)c1ccc([N+](=O)[O-])cc1. The van der Waals surface area contributed by atoms with Crippen LogP contribution < -0.4 is 0 Å². The lowest BCUT2D eigenvalue weighted by Gasteiger charge is -2.04. The minimum Gasteiger partial charge on any atom is -0.458 e. The molecule has 0 saturated heterocycles. The zero-order valence-electron chi connectivity index (χ0n) is 20.1. The number of nitro benzene ring substituents is 1. The monoisotopic (exact) mass is 439 g/mol. The third kappa shape index (κ3) is 12.0. The molecule has 1 rings (SSSR count). The number of allylic oxidation sites excluding steroid dienone is 7. The molecule has 0 amide bonds. The lowest BCUT2D eigenvalue weighted by molar-refractivity contribution is -0.384. The number of hydrogen-bond donors (Lipinski definition) is 0. The van der Waals surface area contributed by atoms with Gasteiger partial charge >= 0.3 is 5.97 Å². The Kier molecular flexibility index (Phi) is 12.7. The number of rotatable bonds is 13. The van der Waals surface area contributed by atoms with Crippen molar-refractivity contribution in [1.29, 1.82) is 0 Å². The van der Waals surface area contributed by atoms with Gasteiger partial charge in [0.1, 0.15) is 6.61 Å². The second kappa shape index (κ2) is 15.0. The van der Waals surface area contributed by atoms with Crippen molar-refractivity contribution in [3.8, 4) is 0 Å². The molecular weight excluding hydrogens is 402 g/mol. The van der Waals surface area contributed by atoms with E-state index in [1.165, 1.54) is 46.6 Å². The molecule has 174 valence electrons. The summed E-state index contributed by atoms with van der Waals surface area (Å²) in [5.41, 5.74) is 5.66. The third-order valence-corrected chi connectivity index (χ3v) is 5.11. The first-order valence-electron chi connectivity index (χ1n) is 11.2. The number of carbonyl (C=O) groups is 1. The Morgan fingerprint density at radius 2 is 1.28 bits per heavy atom. The van der Waals surface area contributed by atoms with E-state index in [1.807, 2.05) is 13.0 Å². The minimum atomic E-state index is -0.498. The highest BCUT2D eigenvalue weighted by Gasteiger charge is 2.09. The molecular formula is C27H37NO4. The molecule has 1 aromatic carbocycles. The molecule has 0 aliphatic heterocycles. The first-order chi connectivity index (χ1) is 15.2. The highest BCUT2D eigenvalue weighted by Crippen LogP contribution is 2.15. The Bertz CT molecular complexity index is 869. The number of non-ortho nitro benzene ring substituents is 1. The van der Waals surface area contributed by atoms with Crippen LogP contribution in [0.1, 0.15) is 83.5 Å². The van der Waals surface area contributed by atoms with Crippen molar-refractivity contribution in [2.75, 3.05) is 6.61 Å². The molecule has 0 fully saturated rings. The molecule has 32 heavy (non-hydrogen) atoms. The summed E-state index contributed by atoms with van der Waals surface area (Å²) in [5.74, 6) is -0.483. The second-order valence-electron chi connectivity index (χ2n) is 8.45. The molecule has 0 atom stereocenters. The summed E-state index contributed by atoms with van der Waals surface area (Å²) in [4.78, 5) is 22.2. The highest BCUT2D eigenvalue weighted by molar-refractivity contribution is 5.89. The van der Waals surface area contributed by atoms with Crippen LogP contribution >= 0.6 is 0 Å². The van der Waals surface area contributed by atoms with E-state index in [2.05, 4.69) is 45.9 Å². The van der Waals surface area contributed by atoms with Crippen LogP contribution in [0.4, 0.5) is 5.69 Å². The summed E-state index contributed by atoms with van der Waals surface area (Å²) in [7, 11) is 0. The maximum Gasteiger partial charge on any atom is 0.338 e. The van der Waals surface area contributed by atoms with Gasteiger partial charge in [-0.25, -0.2) is 4.79 Å². The second-order valence-corrected chi connectivity index (χ2v) is 8.45. The van der Waals surface area contributed by atoms with E-state index in [9.17, 15) is 14.9 Å². The number of benzene rings is 1. The fraction of sp³-hybridized carbons (Fsp3) is 0.444. The molecule has 0 unspecified atom stereocenters. The van der Waals surface area contributed by atoms with E-state index >= 15 is 0 Å². The Morgan fingerprint density at radius 3 is 1.75 bits per heavy atom. The van der Waals surface area contributed by atoms with E-state index in [0.717, 1.165) is 38.5 Å². The molecule has 0 aromatic heterocycles. The van der Waals surface area contributed by atoms with Gasteiger partial charge in [-0.3, -0.25) is 10.1 Å². The zero-order valence-corrected chi connectivity index (χ0v) is 20.1. The Hall–Kier alpha value is -2.95. The first kappa shape index (κ1) is 27.1. The maximum absolute atomic E-state index is 12.0. The van der Waals surface area contributed by atoms with Gasteiger partial charge in [0.25, 0.3) is 5.69 Å². The average Bonchev–Trinajstić information content (AvgIpc) is 2.73. The molecule has 1 aromatic rings. The van der Waals surface area contributed by atoms with E-state index in [4.69, 9.17) is 4.74 Å². The van der Waals surface area contributed by atoms with Crippen LogP contribution in [0.15, 0.2) is 70.9 Å². The molecule has 5 nitrogen and oxygen atoms in total. The molecule has 0 N–H and O–H groups in total. The lowest BCUT2D eigenvalue weighted by atomic mass is 10.0. The summed E-state index contributed by atoms with van der Waals surface area (Å²) < 4.78 is 5.23. The summed E-state index contributed by atoms with van der Waals surface area (Å²) in [6, 6.07) is 5.41. The van der Waals surface area contributed by atoms with Crippen molar-refractivity contribution in [2.24, 2.45) is 0 Å². The lowest BCUT2D eigenvalue weighted by Crippen LogP contribution is -2.05. The van der Waals surface area contributed by atoms with Crippen molar-refractivity contribution in [3.63, 3.8) is 0 Å². The van der Waals surface area contributed by atoms with Crippen LogP contribution in [-0.2, 0) is 4.74 Å². The van der Waals surface area contributed by atoms with Gasteiger partial charge in [-0.05, 0) is 91.4 Å². The smallest absolute Gasteiger partial charge is 0.338 e. The Labute approximate surface area is 192 Å². The van der Waals surface area contributed by atoms with Gasteiger partial charge in [0.2, 0.25) is 0 Å². The molecule has 0 saturated carbocycles. The fourth-order valence-corrected chi connectivity index (χ4v) is 3.05. The highest BCUT2D eigenvalue weighted by atomic mass is 16.6. The van der Waals surface area contributed by atoms with Crippen LogP contribution in [0, 0.1) is 10.1 Å². The molecule has 0 aliphatic rings. The van der Waals surface area contributed by atoms with Gasteiger partial charge in [0, 0.05) is 12.1 Å². The van der Waals surface area contributed by atoms with Crippen molar-refractivity contribution in [2.45, 2.75) is 73.1 Å². The van der Waals surface area contributed by atoms with Crippen molar-refractivity contribution < 1.29 is 14.5 Å². The molecule has 0 radical (unpaired) electrons. The van der Waals surface area contributed by atoms with E-state index in [-0.39, 0.29) is 12.3 Å². The maximum atomic E-state index is 12.0. The zero-order chi connectivity index (χ0) is 23.9. The molecule has 5 heteroatoms. The standard InChI is InChI=1S/C27H37NO4/c1-21(2)9-6-10-22(3)11-7-12-23(4)13-8-14-24(5)19-20-32-27(29)25-15-17-26(18-16-25)28(30)31/h9,11,13,15-19H,6-8,10,12,14,20H2,1-5H3. The van der Waals surface area contributed by atoms with Crippen molar-refractivity contribution in [3.05, 3.63) is 86.5 Å². The van der Waals surface area contributed by atoms with E-state index in [0.29, 0.717) is 5.56 Å². The first-order valence-corrected chi connectivity index (χ1v) is 11.2. The average molecular weight is 440 g/mol. The molecule has 0 heterocycles. The van der Waals surface area contributed by atoms with Crippen molar-refractivity contribution >= 4 is 11.7 Å². The van der Waals surface area contributed by atoms with Gasteiger partial charge in [0.15, 0.2) is 0 Å². The number of ether oxygens (including phenoxy) is 1. The third-order valence-electron chi connectivity index (χ3n) is 5.11. The number of nitrogens with zero attached hydrogens (tertiary/aromatic N) is 1. The summed E-state index contributed by atoms with van der Waals surface area (Å²) in [5, 5.41) is 10.7. The van der Waals surface area contributed by atoms with Gasteiger partial charge in [0.05, 0.1) is 10.5 Å². The molecule has 0 aliphatic carbocycles. The number of carbonyl (C=O) groups excluding carboxylic acids is 1. The minimum absolute atomic E-state index is 0.0498. The Balaban J connectivity index is 2.31. The van der Waals surface area contributed by atoms with Crippen LogP contribution in [0.3, 0.4) is 0 Å². The normalized spacial score (nSPS) is 12.5. The van der Waals surface area contributed by atoms with Gasteiger partial charge in [-0.15, -0.1) is 0 Å². The number of esters is 1. The summed E-state index contributed by atoms with van der Waals surface area (Å²) in [6.07, 6.45) is 15.1. The fourth-order valence-electron chi connectivity index (χ4n) is 3.05. The summed E-state index contributed by atoms with van der Waals surface area (Å²) in [6.45, 7) is 10.9. The quantitative estimate of drug-likeness (QED) is 0.136. The molecule has 0 spiro atoms. The van der Waals surface area contributed by atoms with E-state index < -0.39 is 10.9 Å². The van der Waals surface area contributed by atoms with Crippen LogP contribution in [0.2, 0.25) is 0 Å². The topological polar surface area (TPSA) is 69.4 Å². The van der Waals surface area contributed by atoms with Gasteiger partial charge < -0.3 is 4.74 Å². The predicted octanol–water partition coefficient (Wildman–Crippen LogP) is 7.90. The largest absolute Gasteiger partial charge is 0.458 e.